The number of carbonyl (C=O) groups excluding carboxylic acids is 1. The quantitative estimate of drug-likeness (QED) is 0.817. The van der Waals surface area contributed by atoms with Crippen molar-refractivity contribution in [2.75, 3.05) is 24.6 Å². The summed E-state index contributed by atoms with van der Waals surface area (Å²) in [5.74, 6) is -0.0892. The van der Waals surface area contributed by atoms with Crippen molar-refractivity contribution in [1.29, 1.82) is 0 Å². The number of hydrogen-bond acceptors (Lipinski definition) is 4. The van der Waals surface area contributed by atoms with E-state index in [4.69, 9.17) is 5.73 Å². The molecule has 0 spiro atoms. The Labute approximate surface area is 119 Å². The van der Waals surface area contributed by atoms with Crippen LogP contribution in [0, 0.1) is 5.92 Å². The predicted molar refractivity (Wildman–Crippen MR) is 78.0 cm³/mol. The van der Waals surface area contributed by atoms with Crippen LogP contribution in [0.1, 0.15) is 17.9 Å². The standard InChI is InChI=1S/C14H20N2O3S/c15-8-13(12-4-2-1-3-5-12)14(17)16-9-11-6-7-20(18,19)10-11/h1-5,11,13H,6-10,15H2,(H,16,17). The zero-order valence-corrected chi connectivity index (χ0v) is 12.1. The normalized spacial score (nSPS) is 22.4. The molecule has 0 radical (unpaired) electrons. The molecule has 1 aromatic rings. The van der Waals surface area contributed by atoms with Crippen LogP contribution in [0.2, 0.25) is 0 Å². The Morgan fingerprint density at radius 2 is 2.05 bits per heavy atom. The van der Waals surface area contributed by atoms with Crippen molar-refractivity contribution in [3.8, 4) is 0 Å². The smallest absolute Gasteiger partial charge is 0.228 e. The summed E-state index contributed by atoms with van der Waals surface area (Å²) in [5, 5.41) is 2.83. The summed E-state index contributed by atoms with van der Waals surface area (Å²) < 4.78 is 22.7. The number of nitrogens with one attached hydrogen (secondary N) is 1. The predicted octanol–water partition coefficient (Wildman–Crippen LogP) is 0.280. The van der Waals surface area contributed by atoms with E-state index in [1.807, 2.05) is 30.3 Å². The molecule has 1 amide bonds. The first-order chi connectivity index (χ1) is 9.52. The number of hydrogen-bond donors (Lipinski definition) is 2. The number of carbonyl (C=O) groups is 1. The second kappa shape index (κ2) is 6.37. The van der Waals surface area contributed by atoms with Crippen LogP contribution in [0.5, 0.6) is 0 Å². The molecule has 3 N–H and O–H groups in total. The Balaban J connectivity index is 1.91. The molecule has 1 aliphatic rings. The molecule has 1 heterocycles. The van der Waals surface area contributed by atoms with Crippen LogP contribution >= 0.6 is 0 Å². The molecule has 0 bridgehead atoms. The highest BCUT2D eigenvalue weighted by molar-refractivity contribution is 7.91. The second-order valence-electron chi connectivity index (χ2n) is 5.21. The fraction of sp³-hybridized carbons (Fsp3) is 0.500. The number of sulfone groups is 1. The fourth-order valence-corrected chi connectivity index (χ4v) is 4.34. The van der Waals surface area contributed by atoms with E-state index >= 15 is 0 Å². The summed E-state index contributed by atoms with van der Waals surface area (Å²) in [6.07, 6.45) is 0.626. The minimum Gasteiger partial charge on any atom is -0.355 e. The molecule has 1 aliphatic heterocycles. The molecule has 1 aromatic carbocycles. The van der Waals surface area contributed by atoms with Gasteiger partial charge >= 0.3 is 0 Å². The average Bonchev–Trinajstić information content (AvgIpc) is 2.78. The van der Waals surface area contributed by atoms with Gasteiger partial charge in [-0.15, -0.1) is 0 Å². The maximum atomic E-state index is 12.2. The molecule has 0 aliphatic carbocycles. The van der Waals surface area contributed by atoms with Crippen molar-refractivity contribution in [1.82, 2.24) is 5.32 Å². The Hall–Kier alpha value is -1.40. The molecule has 0 saturated carbocycles. The van der Waals surface area contributed by atoms with Gasteiger partial charge < -0.3 is 11.1 Å². The Morgan fingerprint density at radius 3 is 2.60 bits per heavy atom. The van der Waals surface area contributed by atoms with Gasteiger partial charge in [0, 0.05) is 13.1 Å². The highest BCUT2D eigenvalue weighted by atomic mass is 32.2. The van der Waals surface area contributed by atoms with E-state index < -0.39 is 9.84 Å². The lowest BCUT2D eigenvalue weighted by Gasteiger charge is -2.17. The Kier molecular flexibility index (Phi) is 4.77. The average molecular weight is 296 g/mol. The van der Waals surface area contributed by atoms with Crippen molar-refractivity contribution in [3.05, 3.63) is 35.9 Å². The molecule has 2 unspecified atom stereocenters. The van der Waals surface area contributed by atoms with Gasteiger partial charge in [0.1, 0.15) is 0 Å². The Bertz CT molecular complexity index is 557. The molecule has 110 valence electrons. The summed E-state index contributed by atoms with van der Waals surface area (Å²) in [6.45, 7) is 0.639. The SMILES string of the molecule is NCC(C(=O)NCC1CCS(=O)(=O)C1)c1ccccc1. The van der Waals surface area contributed by atoms with Gasteiger partial charge in [0.25, 0.3) is 0 Å². The van der Waals surface area contributed by atoms with Crippen molar-refractivity contribution in [3.63, 3.8) is 0 Å². The minimum absolute atomic E-state index is 0.0261. The largest absolute Gasteiger partial charge is 0.355 e. The first-order valence-electron chi connectivity index (χ1n) is 6.75. The molecule has 1 fully saturated rings. The highest BCUT2D eigenvalue weighted by Crippen LogP contribution is 2.18. The van der Waals surface area contributed by atoms with Gasteiger partial charge in [-0.3, -0.25) is 4.79 Å². The molecular weight excluding hydrogens is 276 g/mol. The van der Waals surface area contributed by atoms with E-state index in [0.29, 0.717) is 13.0 Å². The van der Waals surface area contributed by atoms with E-state index in [2.05, 4.69) is 5.32 Å². The van der Waals surface area contributed by atoms with Crippen LogP contribution < -0.4 is 11.1 Å². The molecule has 0 aromatic heterocycles. The summed E-state index contributed by atoms with van der Waals surface area (Å²) >= 11 is 0. The fourth-order valence-electron chi connectivity index (χ4n) is 2.48. The summed E-state index contributed by atoms with van der Waals surface area (Å²) in [6, 6.07) is 9.37. The maximum absolute atomic E-state index is 12.2. The van der Waals surface area contributed by atoms with Crippen LogP contribution in [0.15, 0.2) is 30.3 Å². The molecule has 2 rings (SSSR count). The van der Waals surface area contributed by atoms with Crippen molar-refractivity contribution in [2.45, 2.75) is 12.3 Å². The van der Waals surface area contributed by atoms with Crippen LogP contribution in [-0.2, 0) is 14.6 Å². The molecule has 6 heteroatoms. The third kappa shape index (κ3) is 3.80. The topological polar surface area (TPSA) is 89.3 Å². The second-order valence-corrected chi connectivity index (χ2v) is 7.44. The monoisotopic (exact) mass is 296 g/mol. The van der Waals surface area contributed by atoms with Gasteiger partial charge in [-0.1, -0.05) is 30.3 Å². The third-order valence-electron chi connectivity index (χ3n) is 3.65. The lowest BCUT2D eigenvalue weighted by atomic mass is 9.98. The van der Waals surface area contributed by atoms with Gasteiger partial charge in [0.05, 0.1) is 17.4 Å². The van der Waals surface area contributed by atoms with Crippen molar-refractivity contribution in [2.24, 2.45) is 11.7 Å². The number of rotatable bonds is 5. The van der Waals surface area contributed by atoms with Gasteiger partial charge in [0.15, 0.2) is 9.84 Å². The van der Waals surface area contributed by atoms with Crippen molar-refractivity contribution < 1.29 is 13.2 Å². The van der Waals surface area contributed by atoms with E-state index in [0.717, 1.165) is 5.56 Å². The van der Waals surface area contributed by atoms with E-state index in [-0.39, 0.29) is 35.8 Å². The molecule has 2 atom stereocenters. The summed E-state index contributed by atoms with van der Waals surface area (Å²) in [4.78, 5) is 12.2. The van der Waals surface area contributed by atoms with Gasteiger partial charge in [-0.2, -0.15) is 0 Å². The maximum Gasteiger partial charge on any atom is 0.228 e. The number of nitrogens with two attached hydrogens (primary N) is 1. The highest BCUT2D eigenvalue weighted by Gasteiger charge is 2.28. The first kappa shape index (κ1) is 15.0. The lowest BCUT2D eigenvalue weighted by Crippen LogP contribution is -2.36. The van der Waals surface area contributed by atoms with E-state index in [1.165, 1.54) is 0 Å². The zero-order chi connectivity index (χ0) is 14.6. The van der Waals surface area contributed by atoms with E-state index in [1.54, 1.807) is 0 Å². The first-order valence-corrected chi connectivity index (χ1v) is 8.57. The zero-order valence-electron chi connectivity index (χ0n) is 11.3. The van der Waals surface area contributed by atoms with Gasteiger partial charge in [0.2, 0.25) is 5.91 Å². The van der Waals surface area contributed by atoms with Gasteiger partial charge in [-0.05, 0) is 17.9 Å². The van der Waals surface area contributed by atoms with Crippen LogP contribution in [0.4, 0.5) is 0 Å². The molecular formula is C14H20N2O3S. The molecule has 20 heavy (non-hydrogen) atoms. The van der Waals surface area contributed by atoms with Crippen LogP contribution in [-0.4, -0.2) is 38.9 Å². The molecule has 5 nitrogen and oxygen atoms in total. The van der Waals surface area contributed by atoms with Crippen LogP contribution in [0.25, 0.3) is 0 Å². The summed E-state index contributed by atoms with van der Waals surface area (Å²) in [5.41, 5.74) is 6.56. The third-order valence-corrected chi connectivity index (χ3v) is 5.48. The number of benzene rings is 1. The van der Waals surface area contributed by atoms with Crippen LogP contribution in [0.3, 0.4) is 0 Å². The number of amides is 1. The minimum atomic E-state index is -2.90. The van der Waals surface area contributed by atoms with Gasteiger partial charge in [-0.25, -0.2) is 8.42 Å². The van der Waals surface area contributed by atoms with E-state index in [9.17, 15) is 13.2 Å². The Morgan fingerprint density at radius 1 is 1.35 bits per heavy atom. The summed E-state index contributed by atoms with van der Waals surface area (Å²) in [7, 11) is -2.90. The molecule has 1 saturated heterocycles. The van der Waals surface area contributed by atoms with Crippen molar-refractivity contribution >= 4 is 15.7 Å². The lowest BCUT2D eigenvalue weighted by molar-refractivity contribution is -0.122.